The highest BCUT2D eigenvalue weighted by Crippen LogP contribution is 2.27. The van der Waals surface area contributed by atoms with Gasteiger partial charge in [-0.25, -0.2) is 0 Å². The van der Waals surface area contributed by atoms with Crippen LogP contribution in [0.4, 0.5) is 0 Å². The van der Waals surface area contributed by atoms with Gasteiger partial charge in [0.1, 0.15) is 6.29 Å². The van der Waals surface area contributed by atoms with E-state index in [9.17, 15) is 4.79 Å². The van der Waals surface area contributed by atoms with Crippen molar-refractivity contribution in [1.82, 2.24) is 0 Å². The number of benzene rings is 1. The summed E-state index contributed by atoms with van der Waals surface area (Å²) < 4.78 is 0. The maximum Gasteiger partial charge on any atom is 0.120 e. The number of allylic oxidation sites excluding steroid dienone is 1. The molecule has 1 heteroatoms. The fraction of sp³-hybridized carbons (Fsp3) is 0.471. The van der Waals surface area contributed by atoms with Gasteiger partial charge in [0.2, 0.25) is 0 Å². The van der Waals surface area contributed by atoms with E-state index in [2.05, 4.69) is 51.1 Å². The average molecular weight is 244 g/mol. The third kappa shape index (κ3) is 5.81. The lowest BCUT2D eigenvalue weighted by Gasteiger charge is -2.21. The third-order valence-corrected chi connectivity index (χ3v) is 3.27. The maximum atomic E-state index is 10.5. The van der Waals surface area contributed by atoms with E-state index >= 15 is 0 Å². The van der Waals surface area contributed by atoms with Crippen molar-refractivity contribution in [2.24, 2.45) is 5.41 Å². The van der Waals surface area contributed by atoms with Crippen molar-refractivity contribution in [2.75, 3.05) is 0 Å². The Kier molecular flexibility index (Phi) is 5.84. The topological polar surface area (TPSA) is 17.1 Å². The Labute approximate surface area is 111 Å². The van der Waals surface area contributed by atoms with Crippen molar-refractivity contribution in [2.45, 2.75) is 46.5 Å². The number of hydrogen-bond acceptors (Lipinski definition) is 1. The zero-order valence-corrected chi connectivity index (χ0v) is 11.8. The van der Waals surface area contributed by atoms with Gasteiger partial charge >= 0.3 is 0 Å². The van der Waals surface area contributed by atoms with E-state index in [1.807, 2.05) is 6.07 Å². The van der Waals surface area contributed by atoms with Gasteiger partial charge in [0.15, 0.2) is 0 Å². The van der Waals surface area contributed by atoms with Crippen LogP contribution < -0.4 is 0 Å². The van der Waals surface area contributed by atoms with Crippen LogP contribution >= 0.6 is 0 Å². The molecule has 0 radical (unpaired) electrons. The number of rotatable bonds is 7. The normalized spacial score (nSPS) is 12.5. The molecule has 0 fully saturated rings. The van der Waals surface area contributed by atoms with E-state index in [0.29, 0.717) is 6.42 Å². The first kappa shape index (κ1) is 14.7. The summed E-state index contributed by atoms with van der Waals surface area (Å²) in [5.74, 6) is 0. The van der Waals surface area contributed by atoms with Crippen LogP contribution in [0.2, 0.25) is 0 Å². The molecule has 0 aliphatic rings. The summed E-state index contributed by atoms with van der Waals surface area (Å²) in [6.45, 7) is 6.51. The standard InChI is InChI=1S/C17H24O/c1-15(14-16-9-5-4-6-10-16)8-7-11-17(2,3)12-13-18/h4-6,9-10,13-14H,7-8,11-12H2,1-3H3/b15-14+. The first-order valence-corrected chi connectivity index (χ1v) is 6.69. The van der Waals surface area contributed by atoms with Crippen molar-refractivity contribution < 1.29 is 4.79 Å². The van der Waals surface area contributed by atoms with Gasteiger partial charge in [-0.05, 0) is 37.2 Å². The van der Waals surface area contributed by atoms with E-state index in [1.54, 1.807) is 0 Å². The van der Waals surface area contributed by atoms with Crippen molar-refractivity contribution in [3.8, 4) is 0 Å². The third-order valence-electron chi connectivity index (χ3n) is 3.27. The summed E-state index contributed by atoms with van der Waals surface area (Å²) in [5.41, 5.74) is 2.82. The first-order chi connectivity index (χ1) is 8.53. The maximum absolute atomic E-state index is 10.5. The van der Waals surface area contributed by atoms with E-state index in [1.165, 1.54) is 11.1 Å². The van der Waals surface area contributed by atoms with Crippen LogP contribution in [0, 0.1) is 5.41 Å². The molecule has 0 unspecified atom stereocenters. The Morgan fingerprint density at radius 1 is 1.22 bits per heavy atom. The van der Waals surface area contributed by atoms with Gasteiger partial charge < -0.3 is 4.79 Å². The predicted octanol–water partition coefficient (Wildman–Crippen LogP) is 4.88. The SMILES string of the molecule is C/C(=C\c1ccccc1)CCCC(C)(C)CC=O. The van der Waals surface area contributed by atoms with Gasteiger partial charge in [-0.15, -0.1) is 0 Å². The summed E-state index contributed by atoms with van der Waals surface area (Å²) >= 11 is 0. The fourth-order valence-corrected chi connectivity index (χ4v) is 2.08. The zero-order valence-electron chi connectivity index (χ0n) is 11.8. The van der Waals surface area contributed by atoms with Gasteiger partial charge in [0.25, 0.3) is 0 Å². The van der Waals surface area contributed by atoms with Crippen LogP contribution in [0.1, 0.15) is 52.0 Å². The molecule has 1 nitrogen and oxygen atoms in total. The monoisotopic (exact) mass is 244 g/mol. The molecule has 0 heterocycles. The molecule has 1 aromatic rings. The molecule has 0 amide bonds. The molecular formula is C17H24O. The van der Waals surface area contributed by atoms with E-state index < -0.39 is 0 Å². The molecule has 0 aliphatic carbocycles. The van der Waals surface area contributed by atoms with Gasteiger partial charge in [0, 0.05) is 6.42 Å². The van der Waals surface area contributed by atoms with Crippen molar-refractivity contribution in [3.05, 3.63) is 41.5 Å². The van der Waals surface area contributed by atoms with Crippen LogP contribution in [0.3, 0.4) is 0 Å². The first-order valence-electron chi connectivity index (χ1n) is 6.69. The second-order valence-electron chi connectivity index (χ2n) is 5.79. The van der Waals surface area contributed by atoms with Crippen LogP contribution in [0.5, 0.6) is 0 Å². The summed E-state index contributed by atoms with van der Waals surface area (Å²) in [7, 11) is 0. The summed E-state index contributed by atoms with van der Waals surface area (Å²) in [6.07, 6.45) is 7.30. The molecule has 98 valence electrons. The molecule has 0 aliphatic heterocycles. The van der Waals surface area contributed by atoms with Crippen LogP contribution in [-0.2, 0) is 4.79 Å². The van der Waals surface area contributed by atoms with Crippen LogP contribution in [-0.4, -0.2) is 6.29 Å². The molecule has 18 heavy (non-hydrogen) atoms. The van der Waals surface area contributed by atoms with Crippen molar-refractivity contribution >= 4 is 12.4 Å². The number of aldehydes is 1. The quantitative estimate of drug-likeness (QED) is 0.625. The molecule has 0 bridgehead atoms. The Morgan fingerprint density at radius 3 is 2.50 bits per heavy atom. The van der Waals surface area contributed by atoms with E-state index in [4.69, 9.17) is 0 Å². The minimum atomic E-state index is 0.148. The van der Waals surface area contributed by atoms with Crippen LogP contribution in [0.25, 0.3) is 6.08 Å². The largest absolute Gasteiger partial charge is 0.303 e. The molecule has 1 rings (SSSR count). The van der Waals surface area contributed by atoms with Crippen molar-refractivity contribution in [3.63, 3.8) is 0 Å². The molecule has 0 spiro atoms. The number of hydrogen-bond donors (Lipinski definition) is 0. The summed E-state index contributed by atoms with van der Waals surface area (Å²) in [4.78, 5) is 10.5. The lowest BCUT2D eigenvalue weighted by Crippen LogP contribution is -2.11. The second kappa shape index (κ2) is 7.15. The zero-order chi connectivity index (χ0) is 13.4. The minimum absolute atomic E-state index is 0.148. The number of carbonyl (C=O) groups excluding carboxylic acids is 1. The lowest BCUT2D eigenvalue weighted by atomic mass is 9.84. The molecule has 0 N–H and O–H groups in total. The number of carbonyl (C=O) groups is 1. The molecule has 1 aromatic carbocycles. The Bertz CT molecular complexity index is 387. The summed E-state index contributed by atoms with van der Waals surface area (Å²) in [5, 5.41) is 0. The molecule has 0 aromatic heterocycles. The Morgan fingerprint density at radius 2 is 1.89 bits per heavy atom. The highest BCUT2D eigenvalue weighted by Gasteiger charge is 2.16. The minimum Gasteiger partial charge on any atom is -0.303 e. The molecule has 0 saturated heterocycles. The fourth-order valence-electron chi connectivity index (χ4n) is 2.08. The van der Waals surface area contributed by atoms with Gasteiger partial charge in [-0.1, -0.05) is 55.8 Å². The average Bonchev–Trinajstić information content (AvgIpc) is 2.29. The van der Waals surface area contributed by atoms with Crippen molar-refractivity contribution in [1.29, 1.82) is 0 Å². The van der Waals surface area contributed by atoms with E-state index in [0.717, 1.165) is 25.5 Å². The highest BCUT2D eigenvalue weighted by molar-refractivity contribution is 5.52. The molecule has 0 atom stereocenters. The lowest BCUT2D eigenvalue weighted by molar-refractivity contribution is -0.109. The van der Waals surface area contributed by atoms with Gasteiger partial charge in [0.05, 0.1) is 0 Å². The Balaban J connectivity index is 2.40. The van der Waals surface area contributed by atoms with E-state index in [-0.39, 0.29) is 5.41 Å². The Hall–Kier alpha value is -1.37. The smallest absolute Gasteiger partial charge is 0.120 e. The van der Waals surface area contributed by atoms with Gasteiger partial charge in [-0.3, -0.25) is 0 Å². The molecular weight excluding hydrogens is 220 g/mol. The molecule has 0 saturated carbocycles. The highest BCUT2D eigenvalue weighted by atomic mass is 16.1. The summed E-state index contributed by atoms with van der Waals surface area (Å²) in [6, 6.07) is 10.4. The van der Waals surface area contributed by atoms with Crippen LogP contribution in [0.15, 0.2) is 35.9 Å². The predicted molar refractivity (Wildman–Crippen MR) is 78.4 cm³/mol. The second-order valence-corrected chi connectivity index (χ2v) is 5.79. The van der Waals surface area contributed by atoms with Gasteiger partial charge in [-0.2, -0.15) is 0 Å².